The number of nitro groups is 1. The second kappa shape index (κ2) is 5.25. The quantitative estimate of drug-likeness (QED) is 0.453. The van der Waals surface area contributed by atoms with Gasteiger partial charge in [0.25, 0.3) is 0 Å². The summed E-state index contributed by atoms with van der Waals surface area (Å²) in [5.41, 5.74) is -0.0155. The molecule has 0 atom stereocenters. The van der Waals surface area contributed by atoms with Crippen molar-refractivity contribution in [1.82, 2.24) is 24.8 Å². The zero-order valence-corrected chi connectivity index (χ0v) is 9.85. The highest BCUT2D eigenvalue weighted by Crippen LogP contribution is 2.21. The lowest BCUT2D eigenvalue weighted by molar-refractivity contribution is -0.384. The maximum Gasteiger partial charge on any atom is 0.330 e. The Balaban J connectivity index is 1.84. The monoisotopic (exact) mass is 251 g/mol. The zero-order valence-electron chi connectivity index (χ0n) is 9.85. The molecular weight excluding hydrogens is 238 g/mol. The second-order valence-electron chi connectivity index (χ2n) is 3.74. The van der Waals surface area contributed by atoms with Crippen LogP contribution in [0.3, 0.4) is 0 Å². The van der Waals surface area contributed by atoms with Gasteiger partial charge in [0.05, 0.1) is 11.1 Å². The van der Waals surface area contributed by atoms with Crippen LogP contribution in [0.4, 0.5) is 11.5 Å². The number of hydrogen-bond donors (Lipinski definition) is 1. The molecule has 0 bridgehead atoms. The molecule has 9 heteroatoms. The first kappa shape index (κ1) is 12.0. The molecule has 0 spiro atoms. The molecule has 2 aromatic rings. The Hall–Kier alpha value is -2.45. The average Bonchev–Trinajstić information content (AvgIpc) is 2.93. The van der Waals surface area contributed by atoms with Crippen molar-refractivity contribution >= 4 is 11.5 Å². The van der Waals surface area contributed by atoms with E-state index in [2.05, 4.69) is 20.7 Å². The number of rotatable bonds is 6. The van der Waals surface area contributed by atoms with E-state index in [-0.39, 0.29) is 5.69 Å². The predicted molar refractivity (Wildman–Crippen MR) is 63.0 cm³/mol. The molecule has 0 aliphatic carbocycles. The van der Waals surface area contributed by atoms with E-state index >= 15 is 0 Å². The van der Waals surface area contributed by atoms with Gasteiger partial charge >= 0.3 is 5.69 Å². The fourth-order valence-corrected chi connectivity index (χ4v) is 1.54. The summed E-state index contributed by atoms with van der Waals surface area (Å²) in [6, 6.07) is 0. The van der Waals surface area contributed by atoms with Gasteiger partial charge in [0, 0.05) is 26.3 Å². The predicted octanol–water partition coefficient (Wildman–Crippen LogP) is 0.422. The molecule has 18 heavy (non-hydrogen) atoms. The molecule has 1 N–H and O–H groups in total. The van der Waals surface area contributed by atoms with Crippen LogP contribution in [0, 0.1) is 10.1 Å². The fourth-order valence-electron chi connectivity index (χ4n) is 1.54. The minimum Gasteiger partial charge on any atom is -0.363 e. The van der Waals surface area contributed by atoms with Crippen molar-refractivity contribution in [3.63, 3.8) is 0 Å². The van der Waals surface area contributed by atoms with Crippen molar-refractivity contribution in [1.29, 1.82) is 0 Å². The van der Waals surface area contributed by atoms with Crippen LogP contribution >= 0.6 is 0 Å². The fraction of sp³-hybridized carbons (Fsp3) is 0.444. The topological polar surface area (TPSA) is 104 Å². The first-order valence-corrected chi connectivity index (χ1v) is 5.43. The number of aromatic nitrogens is 5. The number of nitrogens with one attached hydrogen (secondary N) is 1. The van der Waals surface area contributed by atoms with Crippen LogP contribution in [0.2, 0.25) is 0 Å². The highest BCUT2D eigenvalue weighted by molar-refractivity contribution is 5.54. The minimum absolute atomic E-state index is 0.0155. The van der Waals surface area contributed by atoms with Crippen LogP contribution in [0.5, 0.6) is 0 Å². The molecule has 0 saturated carbocycles. The molecule has 0 unspecified atom stereocenters. The smallest absolute Gasteiger partial charge is 0.330 e. The Morgan fingerprint density at radius 2 is 2.39 bits per heavy atom. The van der Waals surface area contributed by atoms with Crippen molar-refractivity contribution in [2.45, 2.75) is 13.0 Å². The molecule has 0 saturated heterocycles. The van der Waals surface area contributed by atoms with Crippen molar-refractivity contribution in [2.24, 2.45) is 7.05 Å². The van der Waals surface area contributed by atoms with Gasteiger partial charge in [-0.1, -0.05) is 5.21 Å². The van der Waals surface area contributed by atoms with E-state index in [0.29, 0.717) is 18.9 Å². The van der Waals surface area contributed by atoms with Crippen LogP contribution in [-0.4, -0.2) is 36.2 Å². The van der Waals surface area contributed by atoms with Crippen molar-refractivity contribution < 1.29 is 4.92 Å². The van der Waals surface area contributed by atoms with Crippen LogP contribution in [0.1, 0.15) is 6.42 Å². The Morgan fingerprint density at radius 3 is 3.06 bits per heavy atom. The molecule has 2 heterocycles. The van der Waals surface area contributed by atoms with Gasteiger partial charge in [-0.15, -0.1) is 10.2 Å². The van der Waals surface area contributed by atoms with Gasteiger partial charge < -0.3 is 5.32 Å². The highest BCUT2D eigenvalue weighted by Gasteiger charge is 2.17. The summed E-state index contributed by atoms with van der Waals surface area (Å²) in [5.74, 6) is 0.293. The molecule has 96 valence electrons. The Labute approximate surface area is 103 Å². The van der Waals surface area contributed by atoms with Crippen LogP contribution in [0.15, 0.2) is 18.6 Å². The first-order valence-electron chi connectivity index (χ1n) is 5.43. The molecular formula is C9H13N7O2. The van der Waals surface area contributed by atoms with Gasteiger partial charge in [-0.2, -0.15) is 0 Å². The van der Waals surface area contributed by atoms with Crippen molar-refractivity contribution in [3.05, 3.63) is 28.7 Å². The van der Waals surface area contributed by atoms with Crippen molar-refractivity contribution in [2.75, 3.05) is 11.9 Å². The average molecular weight is 251 g/mol. The summed E-state index contributed by atoms with van der Waals surface area (Å²) >= 11 is 0. The van der Waals surface area contributed by atoms with E-state index in [1.165, 1.54) is 10.9 Å². The molecule has 2 aromatic heterocycles. The van der Waals surface area contributed by atoms with E-state index in [9.17, 15) is 10.1 Å². The second-order valence-corrected chi connectivity index (χ2v) is 3.74. The van der Waals surface area contributed by atoms with Gasteiger partial charge in [0.15, 0.2) is 0 Å². The summed E-state index contributed by atoms with van der Waals surface area (Å²) in [6.45, 7) is 1.28. The Bertz CT molecular complexity index is 519. The third-order valence-electron chi connectivity index (χ3n) is 2.33. The number of hydrogen-bond acceptors (Lipinski definition) is 6. The summed E-state index contributed by atoms with van der Waals surface area (Å²) < 4.78 is 3.12. The van der Waals surface area contributed by atoms with Gasteiger partial charge in [-0.25, -0.2) is 0 Å². The van der Waals surface area contributed by atoms with Gasteiger partial charge in [-0.3, -0.25) is 19.5 Å². The lowest BCUT2D eigenvalue weighted by Crippen LogP contribution is -2.08. The molecule has 0 aromatic carbocycles. The minimum atomic E-state index is -0.452. The standard InChI is InChI=1S/C9H13N7O2/c1-14-7-8(16(17)18)9(12-14)10-3-2-5-15-6-4-11-13-15/h4,6-7H,2-3,5H2,1H3,(H,10,12). The maximum atomic E-state index is 10.7. The lowest BCUT2D eigenvalue weighted by atomic mass is 10.4. The van der Waals surface area contributed by atoms with E-state index in [1.807, 2.05) is 0 Å². The lowest BCUT2D eigenvalue weighted by Gasteiger charge is -2.02. The largest absolute Gasteiger partial charge is 0.363 e. The molecule has 0 aliphatic rings. The van der Waals surface area contributed by atoms with E-state index < -0.39 is 4.92 Å². The highest BCUT2D eigenvalue weighted by atomic mass is 16.6. The first-order chi connectivity index (χ1) is 8.66. The molecule has 2 rings (SSSR count). The number of aryl methyl sites for hydroxylation is 2. The number of anilines is 1. The summed E-state index contributed by atoms with van der Waals surface area (Å²) in [7, 11) is 1.65. The maximum absolute atomic E-state index is 10.7. The summed E-state index contributed by atoms with van der Waals surface area (Å²) in [5, 5.41) is 25.2. The molecule has 0 amide bonds. The molecule has 0 aliphatic heterocycles. The van der Waals surface area contributed by atoms with Gasteiger partial charge in [0.1, 0.15) is 6.20 Å². The van der Waals surface area contributed by atoms with Crippen LogP contribution < -0.4 is 5.32 Å². The normalized spacial score (nSPS) is 10.5. The van der Waals surface area contributed by atoms with Crippen LogP contribution in [-0.2, 0) is 13.6 Å². The number of nitrogens with zero attached hydrogens (tertiary/aromatic N) is 6. The van der Waals surface area contributed by atoms with Gasteiger partial charge in [0.2, 0.25) is 5.82 Å². The summed E-state index contributed by atoms with van der Waals surface area (Å²) in [4.78, 5) is 10.3. The Kier molecular flexibility index (Phi) is 3.51. The zero-order chi connectivity index (χ0) is 13.0. The van der Waals surface area contributed by atoms with Crippen LogP contribution in [0.25, 0.3) is 0 Å². The van der Waals surface area contributed by atoms with Gasteiger partial charge in [-0.05, 0) is 6.42 Å². The molecule has 9 nitrogen and oxygen atoms in total. The molecule has 0 fully saturated rings. The van der Waals surface area contributed by atoms with E-state index in [0.717, 1.165) is 6.42 Å². The Morgan fingerprint density at radius 1 is 1.56 bits per heavy atom. The van der Waals surface area contributed by atoms with Crippen molar-refractivity contribution in [3.8, 4) is 0 Å². The summed E-state index contributed by atoms with van der Waals surface area (Å²) in [6.07, 6.45) is 5.52. The third-order valence-corrected chi connectivity index (χ3v) is 2.33. The van der Waals surface area contributed by atoms with E-state index in [1.54, 1.807) is 24.1 Å². The molecule has 0 radical (unpaired) electrons. The van der Waals surface area contributed by atoms with E-state index in [4.69, 9.17) is 0 Å². The third kappa shape index (κ3) is 2.81. The SMILES string of the molecule is Cn1cc([N+](=O)[O-])c(NCCCn2ccnn2)n1.